The van der Waals surface area contributed by atoms with Gasteiger partial charge in [0.1, 0.15) is 5.75 Å². The fourth-order valence-electron chi connectivity index (χ4n) is 1.98. The lowest BCUT2D eigenvalue weighted by atomic mass is 10.1. The van der Waals surface area contributed by atoms with Gasteiger partial charge in [0, 0.05) is 23.3 Å². The van der Waals surface area contributed by atoms with E-state index in [9.17, 15) is 0 Å². The van der Waals surface area contributed by atoms with Crippen LogP contribution in [0.4, 0.5) is 0 Å². The summed E-state index contributed by atoms with van der Waals surface area (Å²) in [5.74, 6) is 0.845. The first-order valence-corrected chi connectivity index (χ1v) is 5.72. The number of hydrogen-bond donors (Lipinski definition) is 0. The van der Waals surface area contributed by atoms with E-state index >= 15 is 0 Å². The van der Waals surface area contributed by atoms with Crippen LogP contribution in [0.2, 0.25) is 0 Å². The molecule has 3 heteroatoms. The summed E-state index contributed by atoms with van der Waals surface area (Å²) in [6.07, 6.45) is 3.58. The zero-order chi connectivity index (χ0) is 12.4. The molecule has 0 spiro atoms. The molecule has 0 aliphatic heterocycles. The molecule has 3 nitrogen and oxygen atoms in total. The monoisotopic (exact) mass is 236 g/mol. The molecular weight excluding hydrogens is 224 g/mol. The van der Waals surface area contributed by atoms with Gasteiger partial charge in [0.15, 0.2) is 0 Å². The van der Waals surface area contributed by atoms with Gasteiger partial charge in [-0.3, -0.25) is 9.97 Å². The van der Waals surface area contributed by atoms with Crippen LogP contribution in [0.1, 0.15) is 0 Å². The minimum Gasteiger partial charge on any atom is -0.497 e. The average Bonchev–Trinajstić information content (AvgIpc) is 2.47. The summed E-state index contributed by atoms with van der Waals surface area (Å²) in [4.78, 5) is 8.79. The average molecular weight is 236 g/mol. The first kappa shape index (κ1) is 10.7. The minimum absolute atomic E-state index is 0.845. The molecule has 0 saturated carbocycles. The van der Waals surface area contributed by atoms with E-state index in [2.05, 4.69) is 9.97 Å². The van der Waals surface area contributed by atoms with Crippen molar-refractivity contribution < 1.29 is 4.74 Å². The Kier molecular flexibility index (Phi) is 2.65. The van der Waals surface area contributed by atoms with Crippen LogP contribution in [-0.2, 0) is 0 Å². The highest BCUT2D eigenvalue weighted by atomic mass is 16.5. The molecule has 0 bridgehead atoms. The molecular formula is C15H12N2O. The van der Waals surface area contributed by atoms with Gasteiger partial charge in [-0.2, -0.15) is 0 Å². The molecule has 0 radical (unpaired) electrons. The Balaban J connectivity index is 2.18. The summed E-state index contributed by atoms with van der Waals surface area (Å²) >= 11 is 0. The van der Waals surface area contributed by atoms with Gasteiger partial charge in [0.25, 0.3) is 0 Å². The maximum absolute atomic E-state index is 5.16. The Hall–Kier alpha value is -2.42. The quantitative estimate of drug-likeness (QED) is 0.684. The van der Waals surface area contributed by atoms with Gasteiger partial charge in [0.2, 0.25) is 0 Å². The van der Waals surface area contributed by atoms with E-state index in [4.69, 9.17) is 4.74 Å². The fourth-order valence-corrected chi connectivity index (χ4v) is 1.98. The van der Waals surface area contributed by atoms with E-state index in [1.54, 1.807) is 19.5 Å². The predicted molar refractivity (Wildman–Crippen MR) is 71.5 cm³/mol. The molecule has 0 saturated heterocycles. The van der Waals surface area contributed by atoms with E-state index in [0.29, 0.717) is 0 Å². The van der Waals surface area contributed by atoms with Gasteiger partial charge in [-0.15, -0.1) is 0 Å². The van der Waals surface area contributed by atoms with Crippen molar-refractivity contribution in [3.8, 4) is 17.0 Å². The molecule has 0 aliphatic carbocycles. The number of nitrogens with zero attached hydrogens (tertiary/aromatic N) is 2. The lowest BCUT2D eigenvalue weighted by molar-refractivity contribution is 0.415. The van der Waals surface area contributed by atoms with E-state index in [1.165, 1.54) is 0 Å². The SMILES string of the molecule is COc1ccc(-c2nccc3ncccc23)cc1. The summed E-state index contributed by atoms with van der Waals surface area (Å²) in [7, 11) is 1.66. The highest BCUT2D eigenvalue weighted by molar-refractivity contribution is 5.91. The summed E-state index contributed by atoms with van der Waals surface area (Å²) < 4.78 is 5.16. The highest BCUT2D eigenvalue weighted by Gasteiger charge is 2.05. The zero-order valence-electron chi connectivity index (χ0n) is 10.00. The van der Waals surface area contributed by atoms with Crippen LogP contribution in [0.3, 0.4) is 0 Å². The predicted octanol–water partition coefficient (Wildman–Crippen LogP) is 3.31. The third-order valence-corrected chi connectivity index (χ3v) is 2.89. The molecule has 2 heterocycles. The van der Waals surface area contributed by atoms with Crippen LogP contribution < -0.4 is 4.74 Å². The Labute approximate surface area is 105 Å². The normalized spacial score (nSPS) is 10.5. The number of benzene rings is 1. The number of methoxy groups -OCH3 is 1. The molecule has 88 valence electrons. The molecule has 0 N–H and O–H groups in total. The van der Waals surface area contributed by atoms with Crippen molar-refractivity contribution in [3.63, 3.8) is 0 Å². The van der Waals surface area contributed by atoms with Crippen molar-refractivity contribution in [2.45, 2.75) is 0 Å². The van der Waals surface area contributed by atoms with Crippen LogP contribution in [-0.4, -0.2) is 17.1 Å². The molecule has 3 rings (SSSR count). The molecule has 0 unspecified atom stereocenters. The first-order valence-electron chi connectivity index (χ1n) is 5.72. The van der Waals surface area contributed by atoms with Gasteiger partial charge < -0.3 is 4.74 Å². The van der Waals surface area contributed by atoms with Crippen molar-refractivity contribution >= 4 is 10.9 Å². The number of rotatable bonds is 2. The molecule has 0 aliphatic rings. The van der Waals surface area contributed by atoms with Crippen LogP contribution in [0.15, 0.2) is 54.9 Å². The third-order valence-electron chi connectivity index (χ3n) is 2.89. The Morgan fingerprint density at radius 2 is 1.72 bits per heavy atom. The fraction of sp³-hybridized carbons (Fsp3) is 0.0667. The number of hydrogen-bond acceptors (Lipinski definition) is 3. The summed E-state index contributed by atoms with van der Waals surface area (Å²) in [6, 6.07) is 13.8. The van der Waals surface area contributed by atoms with Crippen molar-refractivity contribution in [2.75, 3.05) is 7.11 Å². The van der Waals surface area contributed by atoms with E-state index in [-0.39, 0.29) is 0 Å². The van der Waals surface area contributed by atoms with Crippen LogP contribution in [0, 0.1) is 0 Å². The standard InChI is InChI=1S/C15H12N2O/c1-18-12-6-4-11(5-7-12)15-13-3-2-9-16-14(13)8-10-17-15/h2-10H,1H3. The largest absolute Gasteiger partial charge is 0.497 e. The molecule has 0 fully saturated rings. The van der Waals surface area contributed by atoms with Crippen molar-refractivity contribution in [1.29, 1.82) is 0 Å². The molecule has 3 aromatic rings. The molecule has 18 heavy (non-hydrogen) atoms. The summed E-state index contributed by atoms with van der Waals surface area (Å²) in [6.45, 7) is 0. The van der Waals surface area contributed by atoms with Gasteiger partial charge in [-0.25, -0.2) is 0 Å². The minimum atomic E-state index is 0.845. The second kappa shape index (κ2) is 4.45. The van der Waals surface area contributed by atoms with Crippen molar-refractivity contribution in [2.24, 2.45) is 0 Å². The Morgan fingerprint density at radius 1 is 0.889 bits per heavy atom. The second-order valence-corrected chi connectivity index (χ2v) is 3.96. The van der Waals surface area contributed by atoms with E-state index in [0.717, 1.165) is 27.9 Å². The van der Waals surface area contributed by atoms with Gasteiger partial charge >= 0.3 is 0 Å². The topological polar surface area (TPSA) is 35.0 Å². The lowest BCUT2D eigenvalue weighted by Gasteiger charge is -2.06. The maximum Gasteiger partial charge on any atom is 0.118 e. The third kappa shape index (κ3) is 1.80. The van der Waals surface area contributed by atoms with Crippen molar-refractivity contribution in [1.82, 2.24) is 9.97 Å². The molecule has 0 atom stereocenters. The van der Waals surface area contributed by atoms with Crippen molar-refractivity contribution in [3.05, 3.63) is 54.9 Å². The van der Waals surface area contributed by atoms with Crippen LogP contribution in [0.25, 0.3) is 22.2 Å². The van der Waals surface area contributed by atoms with Gasteiger partial charge in [0.05, 0.1) is 18.3 Å². The maximum atomic E-state index is 5.16. The zero-order valence-corrected chi connectivity index (χ0v) is 10.00. The van der Waals surface area contributed by atoms with Gasteiger partial charge in [-0.1, -0.05) is 0 Å². The number of pyridine rings is 2. The summed E-state index contributed by atoms with van der Waals surface area (Å²) in [5.41, 5.74) is 2.97. The molecule has 1 aromatic carbocycles. The lowest BCUT2D eigenvalue weighted by Crippen LogP contribution is -1.88. The first-order chi connectivity index (χ1) is 8.88. The highest BCUT2D eigenvalue weighted by Crippen LogP contribution is 2.26. The smallest absolute Gasteiger partial charge is 0.118 e. The number of aromatic nitrogens is 2. The Bertz CT molecular complexity index is 672. The van der Waals surface area contributed by atoms with Gasteiger partial charge in [-0.05, 0) is 42.5 Å². The summed E-state index contributed by atoms with van der Waals surface area (Å²) in [5, 5.41) is 1.06. The van der Waals surface area contributed by atoms with E-state index < -0.39 is 0 Å². The molecule has 2 aromatic heterocycles. The van der Waals surface area contributed by atoms with E-state index in [1.807, 2.05) is 42.5 Å². The number of ether oxygens (including phenoxy) is 1. The van der Waals surface area contributed by atoms with Crippen LogP contribution in [0.5, 0.6) is 5.75 Å². The second-order valence-electron chi connectivity index (χ2n) is 3.96. The Morgan fingerprint density at radius 3 is 2.50 bits per heavy atom. The van der Waals surface area contributed by atoms with Crippen LogP contribution >= 0.6 is 0 Å². The molecule has 0 amide bonds. The number of fused-ring (bicyclic) bond motifs is 1.